The molecule has 0 aromatic carbocycles. The second-order valence-corrected chi connectivity index (χ2v) is 4.14. The number of imidazole rings is 1. The first-order chi connectivity index (χ1) is 12.5. The summed E-state index contributed by atoms with van der Waals surface area (Å²) in [4.78, 5) is 13.7. The molecule has 25 heavy (non-hydrogen) atoms. The molecule has 5 heterocycles. The molecule has 1 N–H and O–H groups in total. The Labute approximate surface area is 146 Å². The van der Waals surface area contributed by atoms with Crippen LogP contribution in [-0.4, -0.2) is 35.5 Å². The van der Waals surface area contributed by atoms with Gasteiger partial charge in [0, 0.05) is 29.2 Å². The zero-order chi connectivity index (χ0) is 17.7. The maximum Gasteiger partial charge on any atom is 0.180 e. The van der Waals surface area contributed by atoms with E-state index in [9.17, 15) is 0 Å². The second kappa shape index (κ2) is 16.8. The largest absolute Gasteiger partial charge is 0.452 e. The average Bonchev–Trinajstić information content (AvgIpc) is 3.55. The van der Waals surface area contributed by atoms with Crippen molar-refractivity contribution in [3.63, 3.8) is 0 Å². The lowest BCUT2D eigenvalue weighted by molar-refractivity contribution is 0.393. The number of aromatic nitrogens is 7. The van der Waals surface area contributed by atoms with E-state index >= 15 is 0 Å². The number of rotatable bonds is 0. The van der Waals surface area contributed by atoms with Gasteiger partial charge in [0.25, 0.3) is 0 Å². The van der Waals surface area contributed by atoms with Gasteiger partial charge < -0.3 is 18.4 Å². The number of thiazole rings is 1. The summed E-state index contributed by atoms with van der Waals surface area (Å²) in [6.07, 6.45) is 17.3. The summed E-state index contributed by atoms with van der Waals surface area (Å²) in [5.74, 6) is 0. The molecule has 0 amide bonds. The van der Waals surface area contributed by atoms with Gasteiger partial charge in [0.2, 0.25) is 0 Å². The van der Waals surface area contributed by atoms with Crippen LogP contribution < -0.4 is 0 Å². The molecule has 0 unspecified atom stereocenters. The van der Waals surface area contributed by atoms with Crippen molar-refractivity contribution in [3.8, 4) is 0 Å². The van der Waals surface area contributed by atoms with Gasteiger partial charge in [-0.25, -0.2) is 9.97 Å². The zero-order valence-corrected chi connectivity index (χ0v) is 13.7. The molecule has 0 fully saturated rings. The van der Waals surface area contributed by atoms with E-state index < -0.39 is 0 Å². The van der Waals surface area contributed by atoms with Crippen LogP contribution in [0.5, 0.6) is 0 Å². The topological polar surface area (TPSA) is 133 Å². The van der Waals surface area contributed by atoms with Gasteiger partial charge in [-0.15, -0.1) is 16.4 Å². The third-order valence-corrected chi connectivity index (χ3v) is 2.25. The predicted octanol–water partition coefficient (Wildman–Crippen LogP) is 2.97. The Hall–Kier alpha value is -3.60. The molecule has 0 atom stereocenters. The Morgan fingerprint density at radius 2 is 1.84 bits per heavy atom. The molecule has 0 bridgehead atoms. The standard InChI is InChI=1S/C3H4N2.2C3H3NO.C3H3NS.C2H2N2O/c2*1-2-5-3-4-1;1-2-4-5-3-1;1-2-5-3-4-1;1-2-5-4-3-1/h1-3H,(H,4,5);3*1-3H;1-2H. The number of nitrogens with zero attached hydrogens (tertiary/aromatic N) is 6. The first kappa shape index (κ1) is 19.4. The highest BCUT2D eigenvalue weighted by Crippen LogP contribution is 1.85. The molecule has 130 valence electrons. The van der Waals surface area contributed by atoms with Gasteiger partial charge in [0.15, 0.2) is 6.39 Å². The molecule has 10 nitrogen and oxygen atoms in total. The van der Waals surface area contributed by atoms with Gasteiger partial charge in [-0.05, 0) is 6.07 Å². The molecule has 11 heteroatoms. The van der Waals surface area contributed by atoms with Gasteiger partial charge in [0.05, 0.1) is 30.4 Å². The summed E-state index contributed by atoms with van der Waals surface area (Å²) in [5.41, 5.74) is 1.79. The Balaban J connectivity index is 0.000000156. The molecule has 5 aromatic heterocycles. The van der Waals surface area contributed by atoms with Crippen molar-refractivity contribution in [3.05, 3.63) is 85.6 Å². The van der Waals surface area contributed by atoms with Crippen LogP contribution in [0.1, 0.15) is 0 Å². The Morgan fingerprint density at radius 3 is 2.04 bits per heavy atom. The lowest BCUT2D eigenvalue weighted by Crippen LogP contribution is -1.53. The first-order valence-corrected chi connectivity index (χ1v) is 7.57. The van der Waals surface area contributed by atoms with Crippen molar-refractivity contribution in [1.29, 1.82) is 0 Å². The van der Waals surface area contributed by atoms with Gasteiger partial charge in [-0.3, -0.25) is 4.98 Å². The minimum absolute atomic E-state index is 1.38. The highest BCUT2D eigenvalue weighted by molar-refractivity contribution is 7.07. The van der Waals surface area contributed by atoms with Crippen LogP contribution in [0.2, 0.25) is 0 Å². The SMILES string of the molecule is c1c[nH]cn1.c1cnoc1.c1cocn1.c1conn1.c1cscn1. The van der Waals surface area contributed by atoms with Crippen LogP contribution >= 0.6 is 11.3 Å². The fourth-order valence-electron chi connectivity index (χ4n) is 0.878. The molecular weight excluding hydrogens is 346 g/mol. The molecule has 0 radical (unpaired) electrons. The van der Waals surface area contributed by atoms with Gasteiger partial charge in [0.1, 0.15) is 18.8 Å². The Morgan fingerprint density at radius 1 is 0.840 bits per heavy atom. The molecule has 0 aliphatic heterocycles. The van der Waals surface area contributed by atoms with Crippen molar-refractivity contribution in [2.24, 2.45) is 0 Å². The smallest absolute Gasteiger partial charge is 0.180 e. The number of hydrogen-bond acceptors (Lipinski definition) is 10. The number of H-pyrrole nitrogens is 1. The summed E-state index contributed by atoms with van der Waals surface area (Å²) < 4.78 is 13.0. The summed E-state index contributed by atoms with van der Waals surface area (Å²) in [6.45, 7) is 0. The Kier molecular flexibility index (Phi) is 13.0. The molecular formula is C14H15N7O3S. The molecule has 0 saturated carbocycles. The quantitative estimate of drug-likeness (QED) is 0.442. The molecule has 0 spiro atoms. The van der Waals surface area contributed by atoms with E-state index in [-0.39, 0.29) is 0 Å². The van der Waals surface area contributed by atoms with E-state index in [0.29, 0.717) is 0 Å². The first-order valence-electron chi connectivity index (χ1n) is 6.62. The highest BCUT2D eigenvalue weighted by Gasteiger charge is 1.62. The minimum atomic E-state index is 1.38. The van der Waals surface area contributed by atoms with Gasteiger partial charge in [-0.1, -0.05) is 5.16 Å². The zero-order valence-electron chi connectivity index (χ0n) is 12.9. The van der Waals surface area contributed by atoms with E-state index in [1.165, 1.54) is 31.4 Å². The molecule has 0 aliphatic rings. The summed E-state index contributed by atoms with van der Waals surface area (Å²) in [6, 6.07) is 1.72. The molecule has 5 rings (SSSR count). The van der Waals surface area contributed by atoms with E-state index in [4.69, 9.17) is 0 Å². The maximum absolute atomic E-state index is 4.47. The van der Waals surface area contributed by atoms with Crippen molar-refractivity contribution < 1.29 is 13.5 Å². The summed E-state index contributed by atoms with van der Waals surface area (Å²) >= 11 is 1.60. The van der Waals surface area contributed by atoms with Crippen molar-refractivity contribution in [1.82, 2.24) is 35.5 Å². The van der Waals surface area contributed by atoms with E-state index in [1.54, 1.807) is 60.2 Å². The van der Waals surface area contributed by atoms with Gasteiger partial charge in [-0.2, -0.15) is 0 Å². The fourth-order valence-corrected chi connectivity index (χ4v) is 1.23. The van der Waals surface area contributed by atoms with Crippen molar-refractivity contribution >= 4 is 11.3 Å². The number of hydrogen-bond donors (Lipinski definition) is 1. The lowest BCUT2D eigenvalue weighted by atomic mass is 10.8. The minimum Gasteiger partial charge on any atom is -0.452 e. The van der Waals surface area contributed by atoms with Crippen LogP contribution in [0.25, 0.3) is 0 Å². The van der Waals surface area contributed by atoms with E-state index in [1.807, 2.05) is 5.38 Å². The number of nitrogens with one attached hydrogen (secondary N) is 1. The predicted molar refractivity (Wildman–Crippen MR) is 88.0 cm³/mol. The number of aromatic amines is 1. The lowest BCUT2D eigenvalue weighted by Gasteiger charge is -1.48. The maximum atomic E-state index is 4.47. The van der Waals surface area contributed by atoms with E-state index in [0.717, 1.165) is 0 Å². The van der Waals surface area contributed by atoms with Crippen LogP contribution in [-0.2, 0) is 0 Å². The van der Waals surface area contributed by atoms with Crippen LogP contribution in [0.15, 0.2) is 99.1 Å². The highest BCUT2D eigenvalue weighted by atomic mass is 32.1. The van der Waals surface area contributed by atoms with Crippen molar-refractivity contribution in [2.75, 3.05) is 0 Å². The third kappa shape index (κ3) is 15.1. The van der Waals surface area contributed by atoms with Crippen LogP contribution in [0.3, 0.4) is 0 Å². The molecule has 0 aliphatic carbocycles. The average molecular weight is 361 g/mol. The normalized spacial score (nSPS) is 8.00. The fraction of sp³-hybridized carbons (Fsp3) is 0. The summed E-state index contributed by atoms with van der Waals surface area (Å²) in [7, 11) is 0. The van der Waals surface area contributed by atoms with Crippen LogP contribution in [0.4, 0.5) is 0 Å². The molecule has 0 saturated heterocycles. The van der Waals surface area contributed by atoms with Crippen molar-refractivity contribution in [2.45, 2.75) is 0 Å². The summed E-state index contributed by atoms with van der Waals surface area (Å²) in [5, 5.41) is 11.7. The third-order valence-electron chi connectivity index (χ3n) is 1.73. The van der Waals surface area contributed by atoms with E-state index in [2.05, 4.69) is 48.9 Å². The Bertz CT molecular complexity index is 473. The monoisotopic (exact) mass is 361 g/mol. The van der Waals surface area contributed by atoms with Gasteiger partial charge >= 0.3 is 0 Å². The molecule has 5 aromatic rings. The second-order valence-electron chi connectivity index (χ2n) is 3.39. The van der Waals surface area contributed by atoms with Crippen LogP contribution in [0, 0.1) is 0 Å². The number of oxazole rings is 1.